The summed E-state index contributed by atoms with van der Waals surface area (Å²) >= 11 is 0. The summed E-state index contributed by atoms with van der Waals surface area (Å²) in [4.78, 5) is 36.8. The molecule has 1 fully saturated rings. The molecular weight excluding hydrogens is 438 g/mol. The topological polar surface area (TPSA) is 75.2 Å². The summed E-state index contributed by atoms with van der Waals surface area (Å²) in [6.07, 6.45) is 3.92. The zero-order valence-corrected chi connectivity index (χ0v) is 18.1. The second kappa shape index (κ2) is 8.97. The first-order valence-corrected chi connectivity index (χ1v) is 10.9. The molecule has 0 aliphatic carbocycles. The van der Waals surface area contributed by atoms with E-state index in [2.05, 4.69) is 20.2 Å². The maximum Gasteiger partial charge on any atom is 0.255 e. The van der Waals surface area contributed by atoms with Crippen molar-refractivity contribution in [2.75, 3.05) is 23.3 Å². The van der Waals surface area contributed by atoms with Crippen molar-refractivity contribution in [3.05, 3.63) is 95.2 Å². The molecule has 1 saturated heterocycles. The quantitative estimate of drug-likeness (QED) is 0.427. The van der Waals surface area contributed by atoms with Gasteiger partial charge in [-0.25, -0.2) is 13.8 Å². The van der Waals surface area contributed by atoms with E-state index < -0.39 is 23.3 Å². The van der Waals surface area contributed by atoms with Crippen LogP contribution in [0.3, 0.4) is 0 Å². The molecule has 0 unspecified atom stereocenters. The van der Waals surface area contributed by atoms with E-state index in [4.69, 9.17) is 0 Å². The van der Waals surface area contributed by atoms with Gasteiger partial charge in [-0.3, -0.25) is 14.6 Å². The molecule has 6 nitrogen and oxygen atoms in total. The van der Waals surface area contributed by atoms with Gasteiger partial charge < -0.3 is 10.2 Å². The average molecular weight is 458 g/mol. The van der Waals surface area contributed by atoms with E-state index in [-0.39, 0.29) is 22.4 Å². The van der Waals surface area contributed by atoms with Gasteiger partial charge in [-0.05, 0) is 61.4 Å². The maximum atomic E-state index is 15.2. The molecule has 5 rings (SSSR count). The molecule has 8 heteroatoms. The second-order valence-electron chi connectivity index (χ2n) is 8.09. The summed E-state index contributed by atoms with van der Waals surface area (Å²) in [6.45, 7) is 1.83. The number of amides is 1. The van der Waals surface area contributed by atoms with E-state index >= 15 is 4.39 Å². The number of hydrogen-bond donors (Lipinski definition) is 1. The van der Waals surface area contributed by atoms with E-state index in [0.717, 1.165) is 37.8 Å². The number of ketones is 1. The SMILES string of the molecule is O=C(Nc1cccc(C(=O)c2ccc3ncc(N4CCCC4)nc3c2)c1F)c1cccc(F)c1. The second-order valence-corrected chi connectivity index (χ2v) is 8.09. The van der Waals surface area contributed by atoms with Gasteiger partial charge >= 0.3 is 0 Å². The van der Waals surface area contributed by atoms with Crippen LogP contribution in [0.15, 0.2) is 66.9 Å². The van der Waals surface area contributed by atoms with Gasteiger partial charge in [0, 0.05) is 24.2 Å². The fourth-order valence-corrected chi connectivity index (χ4v) is 4.03. The molecule has 0 saturated carbocycles. The molecule has 4 aromatic rings. The third kappa shape index (κ3) is 4.22. The number of halogens is 2. The van der Waals surface area contributed by atoms with Crippen molar-refractivity contribution in [3.63, 3.8) is 0 Å². The Hall–Kier alpha value is -4.20. The minimum atomic E-state index is -0.866. The minimum absolute atomic E-state index is 0.0399. The highest BCUT2D eigenvalue weighted by molar-refractivity contribution is 6.11. The van der Waals surface area contributed by atoms with Crippen molar-refractivity contribution in [1.82, 2.24) is 9.97 Å². The lowest BCUT2D eigenvalue weighted by Gasteiger charge is -2.16. The first kappa shape index (κ1) is 21.6. The Kier molecular flexibility index (Phi) is 5.71. The molecule has 3 aromatic carbocycles. The van der Waals surface area contributed by atoms with Gasteiger partial charge in [0.05, 0.1) is 28.5 Å². The molecule has 0 bridgehead atoms. The van der Waals surface area contributed by atoms with Crippen molar-refractivity contribution in [2.24, 2.45) is 0 Å². The standard InChI is InChI=1S/C26H20F2N4O2/c27-18-6-3-5-17(13-18)26(34)31-21-8-4-7-19(24(21)28)25(33)16-9-10-20-22(14-16)30-23(15-29-20)32-11-1-2-12-32/h3-10,13-15H,1-2,11-12H2,(H,31,34). The molecular formula is C26H20F2N4O2. The Morgan fingerprint density at radius 3 is 2.47 bits per heavy atom. The van der Waals surface area contributed by atoms with Crippen LogP contribution in [0.25, 0.3) is 11.0 Å². The van der Waals surface area contributed by atoms with Crippen molar-refractivity contribution in [1.29, 1.82) is 0 Å². The number of rotatable bonds is 5. The van der Waals surface area contributed by atoms with Crippen LogP contribution in [0, 0.1) is 11.6 Å². The first-order chi connectivity index (χ1) is 16.5. The molecule has 170 valence electrons. The summed E-state index contributed by atoms with van der Waals surface area (Å²) in [6, 6.07) is 14.1. The lowest BCUT2D eigenvalue weighted by molar-refractivity contribution is 0.101. The summed E-state index contributed by atoms with van der Waals surface area (Å²) in [5, 5.41) is 2.41. The van der Waals surface area contributed by atoms with Crippen LogP contribution >= 0.6 is 0 Å². The number of nitrogens with one attached hydrogen (secondary N) is 1. The molecule has 1 amide bonds. The summed E-state index contributed by atoms with van der Waals surface area (Å²) in [5.74, 6) is -1.92. The van der Waals surface area contributed by atoms with Gasteiger partial charge in [0.25, 0.3) is 5.91 Å². The van der Waals surface area contributed by atoms with Crippen molar-refractivity contribution in [3.8, 4) is 0 Å². The van der Waals surface area contributed by atoms with Gasteiger partial charge in [-0.1, -0.05) is 12.1 Å². The normalized spacial score (nSPS) is 13.3. The number of anilines is 2. The number of fused-ring (bicyclic) bond motifs is 1. The predicted molar refractivity (Wildman–Crippen MR) is 125 cm³/mol. The number of aromatic nitrogens is 2. The van der Waals surface area contributed by atoms with Crippen LogP contribution in [0.2, 0.25) is 0 Å². The Morgan fingerprint density at radius 1 is 0.882 bits per heavy atom. The highest BCUT2D eigenvalue weighted by Crippen LogP contribution is 2.24. The van der Waals surface area contributed by atoms with Crippen molar-refractivity contribution < 1.29 is 18.4 Å². The van der Waals surface area contributed by atoms with Crippen molar-refractivity contribution >= 4 is 34.2 Å². The van der Waals surface area contributed by atoms with Crippen LogP contribution in [-0.4, -0.2) is 34.7 Å². The number of carbonyl (C=O) groups excluding carboxylic acids is 2. The number of nitrogens with zero attached hydrogens (tertiary/aromatic N) is 3. The van der Waals surface area contributed by atoms with E-state index in [1.165, 1.54) is 36.4 Å². The van der Waals surface area contributed by atoms with Gasteiger partial charge in [0.2, 0.25) is 0 Å². The van der Waals surface area contributed by atoms with Gasteiger partial charge in [-0.15, -0.1) is 0 Å². The van der Waals surface area contributed by atoms with Crippen LogP contribution in [0.4, 0.5) is 20.3 Å². The summed E-state index contributed by atoms with van der Waals surface area (Å²) < 4.78 is 28.6. The number of hydrogen-bond acceptors (Lipinski definition) is 5. The Morgan fingerprint density at radius 2 is 1.68 bits per heavy atom. The highest BCUT2D eigenvalue weighted by Gasteiger charge is 2.20. The van der Waals surface area contributed by atoms with E-state index in [1.807, 2.05) is 0 Å². The third-order valence-corrected chi connectivity index (χ3v) is 5.80. The highest BCUT2D eigenvalue weighted by atomic mass is 19.1. The minimum Gasteiger partial charge on any atom is -0.355 e. The van der Waals surface area contributed by atoms with E-state index in [1.54, 1.807) is 24.4 Å². The fourth-order valence-electron chi connectivity index (χ4n) is 4.03. The molecule has 0 spiro atoms. The molecule has 1 N–H and O–H groups in total. The molecule has 1 aliphatic rings. The summed E-state index contributed by atoms with van der Waals surface area (Å²) in [5.41, 5.74) is 1.12. The summed E-state index contributed by atoms with van der Waals surface area (Å²) in [7, 11) is 0. The van der Waals surface area contributed by atoms with Crippen LogP contribution in [-0.2, 0) is 0 Å². The Labute approximate surface area is 194 Å². The molecule has 2 heterocycles. The zero-order chi connectivity index (χ0) is 23.7. The first-order valence-electron chi connectivity index (χ1n) is 10.9. The van der Waals surface area contributed by atoms with Crippen LogP contribution in [0.1, 0.15) is 39.1 Å². The van der Waals surface area contributed by atoms with Crippen molar-refractivity contribution in [2.45, 2.75) is 12.8 Å². The van der Waals surface area contributed by atoms with Gasteiger partial charge in [0.15, 0.2) is 11.6 Å². The van der Waals surface area contributed by atoms with Gasteiger partial charge in [0.1, 0.15) is 11.6 Å². The zero-order valence-electron chi connectivity index (χ0n) is 18.1. The number of carbonyl (C=O) groups is 2. The monoisotopic (exact) mass is 458 g/mol. The lowest BCUT2D eigenvalue weighted by atomic mass is 10.0. The maximum absolute atomic E-state index is 15.2. The fraction of sp³-hybridized carbons (Fsp3) is 0.154. The van der Waals surface area contributed by atoms with E-state index in [0.29, 0.717) is 11.0 Å². The molecule has 0 radical (unpaired) electrons. The van der Waals surface area contributed by atoms with E-state index in [9.17, 15) is 14.0 Å². The Bertz CT molecular complexity index is 1420. The van der Waals surface area contributed by atoms with Crippen LogP contribution in [0.5, 0.6) is 0 Å². The average Bonchev–Trinajstić information content (AvgIpc) is 3.39. The number of benzene rings is 3. The lowest BCUT2D eigenvalue weighted by Crippen LogP contribution is -2.19. The molecule has 0 atom stereocenters. The molecule has 1 aliphatic heterocycles. The molecule has 1 aromatic heterocycles. The largest absolute Gasteiger partial charge is 0.355 e. The van der Waals surface area contributed by atoms with Crippen LogP contribution < -0.4 is 10.2 Å². The predicted octanol–water partition coefficient (Wildman–Crippen LogP) is 4.99. The van der Waals surface area contributed by atoms with Gasteiger partial charge in [-0.2, -0.15) is 0 Å². The smallest absolute Gasteiger partial charge is 0.255 e. The molecule has 34 heavy (non-hydrogen) atoms. The Balaban J connectivity index is 1.43. The third-order valence-electron chi connectivity index (χ3n) is 5.80.